The van der Waals surface area contributed by atoms with E-state index in [0.717, 1.165) is 27.6 Å². The molecule has 0 bridgehead atoms. The van der Waals surface area contributed by atoms with E-state index >= 15 is 0 Å². The summed E-state index contributed by atoms with van der Waals surface area (Å²) in [5.41, 5.74) is 3.28. The molecule has 3 nitrogen and oxygen atoms in total. The molecule has 0 atom stereocenters. The third kappa shape index (κ3) is 2.48. The number of aromatic nitrogens is 1. The minimum Gasteiger partial charge on any atom is -0.461 e. The third-order valence-electron chi connectivity index (χ3n) is 3.63. The van der Waals surface area contributed by atoms with E-state index in [4.69, 9.17) is 16.3 Å². The normalized spacial score (nSPS) is 10.9. The lowest BCUT2D eigenvalue weighted by Gasteiger charge is -2.02. The van der Waals surface area contributed by atoms with Gasteiger partial charge in [-0.15, -0.1) is 0 Å². The fourth-order valence-corrected chi connectivity index (χ4v) is 2.72. The first-order chi connectivity index (χ1) is 10.6. The number of H-pyrrole nitrogens is 1. The van der Waals surface area contributed by atoms with Crippen LogP contribution in [-0.4, -0.2) is 17.6 Å². The number of halogens is 1. The Bertz CT molecular complexity index is 837. The van der Waals surface area contributed by atoms with E-state index in [1.54, 1.807) is 6.92 Å². The van der Waals surface area contributed by atoms with Gasteiger partial charge in [0.25, 0.3) is 0 Å². The molecule has 0 unspecified atom stereocenters. The van der Waals surface area contributed by atoms with Gasteiger partial charge in [0.1, 0.15) is 5.69 Å². The van der Waals surface area contributed by atoms with Crippen molar-refractivity contribution in [2.45, 2.75) is 13.8 Å². The largest absolute Gasteiger partial charge is 0.461 e. The first-order valence-corrected chi connectivity index (χ1v) is 7.54. The van der Waals surface area contributed by atoms with Crippen molar-refractivity contribution in [2.75, 3.05) is 6.61 Å². The van der Waals surface area contributed by atoms with Crippen LogP contribution in [0.5, 0.6) is 0 Å². The van der Waals surface area contributed by atoms with Crippen LogP contribution in [0, 0.1) is 6.92 Å². The van der Waals surface area contributed by atoms with Gasteiger partial charge in [0, 0.05) is 15.8 Å². The van der Waals surface area contributed by atoms with Crippen molar-refractivity contribution < 1.29 is 9.53 Å². The lowest BCUT2D eigenvalue weighted by Crippen LogP contribution is -2.05. The topological polar surface area (TPSA) is 42.1 Å². The average Bonchev–Trinajstić information content (AvgIpc) is 2.87. The molecule has 4 heteroatoms. The quantitative estimate of drug-likeness (QED) is 0.693. The van der Waals surface area contributed by atoms with Crippen molar-refractivity contribution in [3.63, 3.8) is 0 Å². The number of esters is 1. The number of hydrogen-bond acceptors (Lipinski definition) is 2. The molecule has 22 heavy (non-hydrogen) atoms. The van der Waals surface area contributed by atoms with Crippen molar-refractivity contribution in [1.82, 2.24) is 4.98 Å². The molecule has 0 amide bonds. The fourth-order valence-electron chi connectivity index (χ4n) is 2.55. The average molecular weight is 314 g/mol. The lowest BCUT2D eigenvalue weighted by molar-refractivity contribution is 0.0522. The van der Waals surface area contributed by atoms with E-state index in [0.29, 0.717) is 17.3 Å². The van der Waals surface area contributed by atoms with Crippen LogP contribution in [0.1, 0.15) is 23.0 Å². The molecule has 0 aliphatic carbocycles. The molecule has 0 aliphatic heterocycles. The number of fused-ring (bicyclic) bond motifs is 1. The number of carbonyl (C=O) groups is 1. The molecule has 3 rings (SSSR count). The van der Waals surface area contributed by atoms with Crippen LogP contribution in [0.2, 0.25) is 5.02 Å². The van der Waals surface area contributed by atoms with Gasteiger partial charge in [0.2, 0.25) is 0 Å². The van der Waals surface area contributed by atoms with Gasteiger partial charge in [-0.2, -0.15) is 0 Å². The van der Waals surface area contributed by atoms with Crippen LogP contribution in [0.25, 0.3) is 22.0 Å². The highest BCUT2D eigenvalue weighted by molar-refractivity contribution is 6.32. The van der Waals surface area contributed by atoms with E-state index in [2.05, 4.69) is 4.98 Å². The molecule has 1 heterocycles. The first kappa shape index (κ1) is 14.7. The van der Waals surface area contributed by atoms with E-state index in [9.17, 15) is 4.79 Å². The van der Waals surface area contributed by atoms with Crippen LogP contribution in [-0.2, 0) is 4.74 Å². The Morgan fingerprint density at radius 1 is 1.18 bits per heavy atom. The molecule has 0 aliphatic rings. The monoisotopic (exact) mass is 313 g/mol. The summed E-state index contributed by atoms with van der Waals surface area (Å²) < 4.78 is 5.15. The number of benzene rings is 2. The Balaban J connectivity index is 2.29. The maximum atomic E-state index is 12.2. The molecule has 0 fully saturated rings. The lowest BCUT2D eigenvalue weighted by atomic mass is 10.0. The smallest absolute Gasteiger partial charge is 0.355 e. The maximum absolute atomic E-state index is 12.2. The first-order valence-electron chi connectivity index (χ1n) is 7.16. The van der Waals surface area contributed by atoms with E-state index in [1.165, 1.54) is 0 Å². The highest BCUT2D eigenvalue weighted by Crippen LogP contribution is 2.34. The number of aromatic amines is 1. The zero-order valence-electron chi connectivity index (χ0n) is 12.4. The summed E-state index contributed by atoms with van der Waals surface area (Å²) >= 11 is 6.27. The summed E-state index contributed by atoms with van der Waals surface area (Å²) in [7, 11) is 0. The standard InChI is InChI=1S/C18H16ClNO2/c1-3-22-18(21)17-13-9-11(2)15(19)10-14(13)16(20-17)12-7-5-4-6-8-12/h4-10,20H,3H2,1-2H3. The highest BCUT2D eigenvalue weighted by Gasteiger charge is 2.19. The van der Waals surface area contributed by atoms with Crippen LogP contribution < -0.4 is 0 Å². The fraction of sp³-hybridized carbons (Fsp3) is 0.167. The summed E-state index contributed by atoms with van der Waals surface area (Å²) in [6, 6.07) is 13.7. The van der Waals surface area contributed by atoms with Crippen molar-refractivity contribution in [1.29, 1.82) is 0 Å². The van der Waals surface area contributed by atoms with Gasteiger partial charge in [0.05, 0.1) is 12.3 Å². The van der Waals surface area contributed by atoms with Gasteiger partial charge in [-0.1, -0.05) is 41.9 Å². The van der Waals surface area contributed by atoms with Gasteiger partial charge in [-0.3, -0.25) is 0 Å². The molecule has 3 aromatic rings. The predicted octanol–water partition coefficient (Wildman–Crippen LogP) is 4.97. The Kier molecular flexibility index (Phi) is 3.90. The zero-order valence-corrected chi connectivity index (χ0v) is 13.2. The van der Waals surface area contributed by atoms with Crippen LogP contribution in [0.3, 0.4) is 0 Å². The summed E-state index contributed by atoms with van der Waals surface area (Å²) in [5, 5.41) is 2.43. The minimum absolute atomic E-state index is 0.340. The molecular weight excluding hydrogens is 298 g/mol. The van der Waals surface area contributed by atoms with E-state index in [-0.39, 0.29) is 5.97 Å². The SMILES string of the molecule is CCOC(=O)c1[nH]c(-c2ccccc2)c2cc(Cl)c(C)cc12. The summed E-state index contributed by atoms with van der Waals surface area (Å²) in [5.74, 6) is -0.351. The van der Waals surface area contributed by atoms with Gasteiger partial charge in [-0.25, -0.2) is 4.79 Å². The van der Waals surface area contributed by atoms with Crippen molar-refractivity contribution >= 4 is 28.3 Å². The number of nitrogens with one attached hydrogen (secondary N) is 1. The molecule has 2 aromatic carbocycles. The van der Waals surface area contributed by atoms with Crippen molar-refractivity contribution in [3.8, 4) is 11.3 Å². The summed E-state index contributed by atoms with van der Waals surface area (Å²) in [6.45, 7) is 4.06. The molecule has 0 saturated carbocycles. The van der Waals surface area contributed by atoms with E-state index < -0.39 is 0 Å². The van der Waals surface area contributed by atoms with Crippen LogP contribution in [0.4, 0.5) is 0 Å². The number of aryl methyl sites for hydroxylation is 1. The number of rotatable bonds is 3. The second kappa shape index (κ2) is 5.85. The molecule has 0 saturated heterocycles. The highest BCUT2D eigenvalue weighted by atomic mass is 35.5. The number of carbonyl (C=O) groups excluding carboxylic acids is 1. The maximum Gasteiger partial charge on any atom is 0.355 e. The van der Waals surface area contributed by atoms with Crippen LogP contribution in [0.15, 0.2) is 42.5 Å². The van der Waals surface area contributed by atoms with Gasteiger partial charge in [0.15, 0.2) is 0 Å². The Morgan fingerprint density at radius 3 is 2.59 bits per heavy atom. The van der Waals surface area contributed by atoms with Gasteiger partial charge >= 0.3 is 5.97 Å². The molecule has 1 N–H and O–H groups in total. The Labute approximate surface area is 133 Å². The third-order valence-corrected chi connectivity index (χ3v) is 4.04. The number of hydrogen-bond donors (Lipinski definition) is 1. The van der Waals surface area contributed by atoms with E-state index in [1.807, 2.05) is 49.4 Å². The second-order valence-electron chi connectivity index (χ2n) is 5.11. The molecule has 0 spiro atoms. The molecular formula is C18H16ClNO2. The summed E-state index contributed by atoms with van der Waals surface area (Å²) in [6.07, 6.45) is 0. The number of ether oxygens (including phenoxy) is 1. The van der Waals surface area contributed by atoms with Crippen molar-refractivity contribution in [2.24, 2.45) is 0 Å². The van der Waals surface area contributed by atoms with Gasteiger partial charge < -0.3 is 9.72 Å². The summed E-state index contributed by atoms with van der Waals surface area (Å²) in [4.78, 5) is 15.4. The Hall–Kier alpha value is -2.26. The van der Waals surface area contributed by atoms with Gasteiger partial charge in [-0.05, 0) is 37.1 Å². The Morgan fingerprint density at radius 2 is 1.91 bits per heavy atom. The molecule has 1 aromatic heterocycles. The molecule has 112 valence electrons. The van der Waals surface area contributed by atoms with Crippen molar-refractivity contribution in [3.05, 3.63) is 58.7 Å². The van der Waals surface area contributed by atoms with Crippen LogP contribution >= 0.6 is 11.6 Å². The zero-order chi connectivity index (χ0) is 15.7. The minimum atomic E-state index is -0.351. The molecule has 0 radical (unpaired) electrons. The second-order valence-corrected chi connectivity index (χ2v) is 5.52. The predicted molar refractivity (Wildman–Crippen MR) is 89.4 cm³/mol.